The Kier molecular flexibility index (Phi) is 3.92. The van der Waals surface area contributed by atoms with Crippen LogP contribution >= 0.6 is 10.7 Å². The lowest BCUT2D eigenvalue weighted by Crippen LogP contribution is -2.29. The molecule has 0 fully saturated rings. The zero-order valence-electron chi connectivity index (χ0n) is 9.11. The van der Waals surface area contributed by atoms with Crippen molar-refractivity contribution in [2.24, 2.45) is 0 Å². The van der Waals surface area contributed by atoms with Crippen molar-refractivity contribution in [3.63, 3.8) is 0 Å². The molecule has 0 amide bonds. The van der Waals surface area contributed by atoms with Gasteiger partial charge in [0.2, 0.25) is 5.82 Å². The van der Waals surface area contributed by atoms with Gasteiger partial charge in [0.15, 0.2) is 0 Å². The maximum Gasteiger partial charge on any atom is 0.365 e. The fraction of sp³-hybridized carbons (Fsp3) is 0.714. The van der Waals surface area contributed by atoms with Crippen LogP contribution in [0.15, 0.2) is 5.16 Å². The summed E-state index contributed by atoms with van der Waals surface area (Å²) in [4.78, 5) is 0. The van der Waals surface area contributed by atoms with Crippen LogP contribution in [0.3, 0.4) is 0 Å². The molecule has 11 heteroatoms. The Morgan fingerprint density at radius 3 is 2.11 bits per heavy atom. The van der Waals surface area contributed by atoms with Gasteiger partial charge in [0.1, 0.15) is 0 Å². The summed E-state index contributed by atoms with van der Waals surface area (Å²) in [6.45, 7) is 2.61. The lowest BCUT2D eigenvalue weighted by molar-refractivity contribution is -0.143. The van der Waals surface area contributed by atoms with Crippen molar-refractivity contribution in [1.82, 2.24) is 14.8 Å². The molecule has 0 unspecified atom stereocenters. The maximum absolute atomic E-state index is 13.2. The molecule has 5 nitrogen and oxygen atoms in total. The zero-order chi connectivity index (χ0) is 14.3. The number of hydrogen-bond donors (Lipinski definition) is 0. The quantitative estimate of drug-likeness (QED) is 0.631. The van der Waals surface area contributed by atoms with Gasteiger partial charge in [0, 0.05) is 16.7 Å². The summed E-state index contributed by atoms with van der Waals surface area (Å²) in [5, 5.41) is 4.76. The second-order valence-electron chi connectivity index (χ2n) is 3.63. The second-order valence-corrected chi connectivity index (χ2v) is 6.09. The van der Waals surface area contributed by atoms with E-state index in [0.717, 1.165) is 0 Å². The van der Waals surface area contributed by atoms with Crippen LogP contribution in [0.5, 0.6) is 0 Å². The van der Waals surface area contributed by atoms with E-state index < -0.39 is 38.4 Å². The normalized spacial score (nSPS) is 13.6. The van der Waals surface area contributed by atoms with E-state index in [1.165, 1.54) is 13.8 Å². The molecule has 0 spiro atoms. The average Bonchev–Trinajstić information content (AvgIpc) is 2.60. The SMILES string of the molecule is CC(C)n1c(C(F)(F)C(F)F)nnc1S(=O)(=O)Cl. The van der Waals surface area contributed by atoms with Crippen LogP contribution in [0.25, 0.3) is 0 Å². The van der Waals surface area contributed by atoms with Gasteiger partial charge in [-0.25, -0.2) is 17.2 Å². The smallest absolute Gasteiger partial charge is 0.293 e. The summed E-state index contributed by atoms with van der Waals surface area (Å²) >= 11 is 0. The molecule has 0 aliphatic rings. The standard InChI is InChI=1S/C7H8ClF4N3O2S/c1-3(2)15-5(7(11,12)4(9)10)13-14-6(15)18(8,16)17/h3-4H,1-2H3. The minimum Gasteiger partial charge on any atom is -0.293 e. The Morgan fingerprint density at radius 1 is 1.28 bits per heavy atom. The molecule has 0 saturated carbocycles. The van der Waals surface area contributed by atoms with Crippen molar-refractivity contribution in [2.75, 3.05) is 0 Å². The van der Waals surface area contributed by atoms with Crippen LogP contribution in [0, 0.1) is 0 Å². The van der Waals surface area contributed by atoms with Gasteiger partial charge in [-0.3, -0.25) is 4.57 Å². The van der Waals surface area contributed by atoms with Gasteiger partial charge in [-0.1, -0.05) is 0 Å². The molecular weight excluding hydrogens is 302 g/mol. The highest BCUT2D eigenvalue weighted by Crippen LogP contribution is 2.35. The van der Waals surface area contributed by atoms with Crippen molar-refractivity contribution in [3.8, 4) is 0 Å². The maximum atomic E-state index is 13.2. The average molecular weight is 310 g/mol. The largest absolute Gasteiger partial charge is 0.365 e. The topological polar surface area (TPSA) is 64.8 Å². The molecule has 0 aliphatic carbocycles. The van der Waals surface area contributed by atoms with Crippen molar-refractivity contribution >= 4 is 19.7 Å². The summed E-state index contributed by atoms with van der Waals surface area (Å²) in [5.74, 6) is -6.05. The van der Waals surface area contributed by atoms with Crippen LogP contribution in [0.4, 0.5) is 17.6 Å². The Balaban J connectivity index is 3.55. The van der Waals surface area contributed by atoms with Crippen LogP contribution in [-0.2, 0) is 15.0 Å². The van der Waals surface area contributed by atoms with Crippen LogP contribution in [0.2, 0.25) is 0 Å². The third-order valence-electron chi connectivity index (χ3n) is 1.97. The first-order chi connectivity index (χ1) is 7.99. The van der Waals surface area contributed by atoms with E-state index >= 15 is 0 Å². The molecule has 0 atom stereocenters. The van der Waals surface area contributed by atoms with Crippen molar-refractivity contribution in [1.29, 1.82) is 0 Å². The Morgan fingerprint density at radius 2 is 1.78 bits per heavy atom. The van der Waals surface area contributed by atoms with Gasteiger partial charge in [-0.2, -0.15) is 8.78 Å². The third kappa shape index (κ3) is 2.58. The summed E-state index contributed by atoms with van der Waals surface area (Å²) < 4.78 is 73.4. The predicted molar refractivity (Wildman–Crippen MR) is 53.3 cm³/mol. The van der Waals surface area contributed by atoms with E-state index in [0.29, 0.717) is 4.57 Å². The van der Waals surface area contributed by atoms with Gasteiger partial charge >= 0.3 is 12.3 Å². The summed E-state index contributed by atoms with van der Waals surface area (Å²) in [6.07, 6.45) is -4.04. The Hall–Kier alpha value is -0.900. The molecule has 0 saturated heterocycles. The van der Waals surface area contributed by atoms with E-state index in [9.17, 15) is 26.0 Å². The third-order valence-corrected chi connectivity index (χ3v) is 3.10. The highest BCUT2D eigenvalue weighted by Gasteiger charge is 2.49. The number of halogens is 5. The first-order valence-electron chi connectivity index (χ1n) is 4.55. The number of hydrogen-bond acceptors (Lipinski definition) is 4. The molecule has 104 valence electrons. The van der Waals surface area contributed by atoms with E-state index in [-0.39, 0.29) is 0 Å². The van der Waals surface area contributed by atoms with E-state index in [1.807, 2.05) is 0 Å². The highest BCUT2D eigenvalue weighted by molar-refractivity contribution is 8.13. The first kappa shape index (κ1) is 15.2. The van der Waals surface area contributed by atoms with Gasteiger partial charge in [-0.15, -0.1) is 10.2 Å². The van der Waals surface area contributed by atoms with Gasteiger partial charge in [0.25, 0.3) is 14.2 Å². The minimum absolute atomic E-state index is 0.370. The molecule has 0 aromatic carbocycles. The molecule has 18 heavy (non-hydrogen) atoms. The van der Waals surface area contributed by atoms with Crippen molar-refractivity contribution in [3.05, 3.63) is 5.82 Å². The fourth-order valence-corrected chi connectivity index (χ4v) is 2.22. The Labute approximate surface area is 104 Å². The minimum atomic E-state index is -4.61. The van der Waals surface area contributed by atoms with Crippen molar-refractivity contribution in [2.45, 2.75) is 37.4 Å². The second kappa shape index (κ2) is 4.65. The Bertz CT molecular complexity index is 543. The monoisotopic (exact) mass is 309 g/mol. The van der Waals surface area contributed by atoms with Gasteiger partial charge < -0.3 is 0 Å². The van der Waals surface area contributed by atoms with Crippen molar-refractivity contribution < 1.29 is 26.0 Å². The predicted octanol–water partition coefficient (Wildman–Crippen LogP) is 2.14. The molecular formula is C7H8ClF4N3O2S. The summed E-state index contributed by atoms with van der Waals surface area (Å²) in [7, 11) is 0.507. The summed E-state index contributed by atoms with van der Waals surface area (Å²) in [6, 6.07) is -0.886. The lowest BCUT2D eigenvalue weighted by Gasteiger charge is -2.18. The molecule has 0 bridgehead atoms. The zero-order valence-corrected chi connectivity index (χ0v) is 10.7. The highest BCUT2D eigenvalue weighted by atomic mass is 35.7. The van der Waals surface area contributed by atoms with E-state index in [4.69, 9.17) is 10.7 Å². The van der Waals surface area contributed by atoms with Gasteiger partial charge in [0.05, 0.1) is 0 Å². The molecule has 1 aromatic heterocycles. The van der Waals surface area contributed by atoms with Crippen LogP contribution < -0.4 is 0 Å². The van der Waals surface area contributed by atoms with E-state index in [2.05, 4.69) is 10.2 Å². The molecule has 1 rings (SSSR count). The molecule has 1 heterocycles. The first-order valence-corrected chi connectivity index (χ1v) is 6.86. The number of alkyl halides is 4. The fourth-order valence-electron chi connectivity index (χ4n) is 1.23. The van der Waals surface area contributed by atoms with Crippen LogP contribution in [-0.4, -0.2) is 29.6 Å². The van der Waals surface area contributed by atoms with Crippen LogP contribution in [0.1, 0.15) is 25.7 Å². The van der Waals surface area contributed by atoms with E-state index in [1.54, 1.807) is 0 Å². The molecule has 0 radical (unpaired) electrons. The number of aromatic nitrogens is 3. The lowest BCUT2D eigenvalue weighted by atomic mass is 10.3. The van der Waals surface area contributed by atoms with Gasteiger partial charge in [-0.05, 0) is 13.8 Å². The molecule has 0 aliphatic heterocycles. The number of nitrogens with zero attached hydrogens (tertiary/aromatic N) is 3. The molecule has 1 aromatic rings. The number of rotatable bonds is 4. The molecule has 0 N–H and O–H groups in total. The summed E-state index contributed by atoms with van der Waals surface area (Å²) in [5.41, 5.74) is 0.